The van der Waals surface area contributed by atoms with E-state index >= 15 is 0 Å². The molecule has 1 fully saturated rings. The van der Waals surface area contributed by atoms with Crippen molar-refractivity contribution >= 4 is 16.9 Å². The normalized spacial score (nSPS) is 17.1. The molecule has 1 aliphatic heterocycles. The molecule has 0 bridgehead atoms. The Balaban J connectivity index is 1.15. The van der Waals surface area contributed by atoms with Gasteiger partial charge in [0.2, 0.25) is 5.95 Å². The van der Waals surface area contributed by atoms with E-state index in [2.05, 4.69) is 4.98 Å². The first-order chi connectivity index (χ1) is 19.7. The fraction of sp³-hybridized carbons (Fsp3) is 0.188. The Bertz CT molecular complexity index is 1750. The van der Waals surface area contributed by atoms with E-state index in [0.29, 0.717) is 28.8 Å². The van der Waals surface area contributed by atoms with Crippen LogP contribution < -0.4 is 16.0 Å². The van der Waals surface area contributed by atoms with Crippen LogP contribution in [-0.2, 0) is 17.5 Å². The molecule has 2 heterocycles. The number of hydrogen-bond donors (Lipinski definition) is 1. The summed E-state index contributed by atoms with van der Waals surface area (Å²) in [5.74, 6) is 0.921. The third-order valence-corrected chi connectivity index (χ3v) is 7.23. The van der Waals surface area contributed by atoms with E-state index in [4.69, 9.17) is 15.2 Å². The number of nitrogen functional groups attached to an aromatic ring is 1. The van der Waals surface area contributed by atoms with Crippen LogP contribution in [-0.4, -0.2) is 15.7 Å². The minimum Gasteiger partial charge on any atom is -0.457 e. The first-order valence-corrected chi connectivity index (χ1v) is 13.2. The van der Waals surface area contributed by atoms with E-state index in [1.165, 1.54) is 16.7 Å². The highest BCUT2D eigenvalue weighted by Crippen LogP contribution is 2.36. The van der Waals surface area contributed by atoms with Crippen molar-refractivity contribution in [3.05, 3.63) is 119 Å². The Morgan fingerprint density at radius 1 is 0.878 bits per heavy atom. The molecule has 4 aromatic carbocycles. The summed E-state index contributed by atoms with van der Waals surface area (Å²) < 4.78 is 52.1. The highest BCUT2D eigenvalue weighted by atomic mass is 19.4. The van der Waals surface area contributed by atoms with E-state index in [-0.39, 0.29) is 30.3 Å². The number of nitrogens with two attached hydrogens (primary N) is 1. The minimum absolute atomic E-state index is 0.131. The molecule has 2 unspecified atom stereocenters. The lowest BCUT2D eigenvalue weighted by Gasteiger charge is -2.17. The zero-order valence-corrected chi connectivity index (χ0v) is 21.8. The lowest BCUT2D eigenvalue weighted by atomic mass is 10.0. The van der Waals surface area contributed by atoms with Crippen LogP contribution in [0, 0.1) is 0 Å². The van der Waals surface area contributed by atoms with Gasteiger partial charge in [-0.25, -0.2) is 4.98 Å². The maximum Gasteiger partial charge on any atom is 0.416 e. The lowest BCUT2D eigenvalue weighted by Crippen LogP contribution is -2.29. The Labute approximate surface area is 233 Å². The number of halogens is 3. The second kappa shape index (κ2) is 10.7. The Morgan fingerprint density at radius 3 is 2.41 bits per heavy atom. The van der Waals surface area contributed by atoms with E-state index < -0.39 is 11.7 Å². The standard InChI is InChI=1S/C32H26F3N3O3/c33-32(34,35)23-10-12-24(13-11-23)40-25-8-4-7-22(17-25)29-16-14-26(41-29)19-38-30(39)27-15-9-21(18-28(27)37-31(38)36)20-5-2-1-3-6-20/h1-13,15,17-18,26,29H,14,16,19H2,(H2,36,37). The molecule has 208 valence electrons. The molecule has 1 saturated heterocycles. The van der Waals surface area contributed by atoms with Crippen molar-refractivity contribution < 1.29 is 22.6 Å². The Kier molecular flexibility index (Phi) is 6.96. The lowest BCUT2D eigenvalue weighted by molar-refractivity contribution is -0.137. The first-order valence-electron chi connectivity index (χ1n) is 13.2. The molecule has 6 nitrogen and oxygen atoms in total. The van der Waals surface area contributed by atoms with Crippen LogP contribution >= 0.6 is 0 Å². The molecular formula is C32H26F3N3O3. The number of alkyl halides is 3. The maximum absolute atomic E-state index is 13.3. The molecule has 9 heteroatoms. The van der Waals surface area contributed by atoms with Gasteiger partial charge in [-0.15, -0.1) is 0 Å². The van der Waals surface area contributed by atoms with Crippen molar-refractivity contribution in [1.82, 2.24) is 9.55 Å². The molecule has 5 aromatic rings. The molecule has 0 saturated carbocycles. The number of ether oxygens (including phenoxy) is 2. The summed E-state index contributed by atoms with van der Waals surface area (Å²) in [6, 6.07) is 27.2. The molecule has 1 aromatic heterocycles. The summed E-state index contributed by atoms with van der Waals surface area (Å²) in [5, 5.41) is 0.488. The van der Waals surface area contributed by atoms with E-state index in [1.54, 1.807) is 12.1 Å². The third kappa shape index (κ3) is 5.67. The van der Waals surface area contributed by atoms with Crippen LogP contribution in [0.3, 0.4) is 0 Å². The predicted octanol–water partition coefficient (Wildman–Crippen LogP) is 7.38. The van der Waals surface area contributed by atoms with E-state index in [0.717, 1.165) is 35.2 Å². The molecule has 2 N–H and O–H groups in total. The van der Waals surface area contributed by atoms with Gasteiger partial charge in [0.15, 0.2) is 0 Å². The molecular weight excluding hydrogens is 531 g/mol. The molecule has 1 aliphatic rings. The van der Waals surface area contributed by atoms with Crippen LogP contribution in [0.5, 0.6) is 11.5 Å². The molecule has 0 spiro atoms. The second-order valence-corrected chi connectivity index (χ2v) is 10.0. The van der Waals surface area contributed by atoms with Gasteiger partial charge in [-0.3, -0.25) is 9.36 Å². The van der Waals surface area contributed by atoms with Crippen LogP contribution in [0.1, 0.15) is 30.1 Å². The van der Waals surface area contributed by atoms with Gasteiger partial charge in [-0.1, -0.05) is 48.5 Å². The Morgan fingerprint density at radius 2 is 1.66 bits per heavy atom. The van der Waals surface area contributed by atoms with Crippen molar-refractivity contribution in [1.29, 1.82) is 0 Å². The molecule has 0 aliphatic carbocycles. The molecule has 0 amide bonds. The smallest absolute Gasteiger partial charge is 0.416 e. The third-order valence-electron chi connectivity index (χ3n) is 7.23. The first kappa shape index (κ1) is 26.6. The molecule has 2 atom stereocenters. The van der Waals surface area contributed by atoms with Crippen LogP contribution in [0.2, 0.25) is 0 Å². The summed E-state index contributed by atoms with van der Waals surface area (Å²) in [6.07, 6.45) is -3.44. The summed E-state index contributed by atoms with van der Waals surface area (Å²) >= 11 is 0. The predicted molar refractivity (Wildman–Crippen MR) is 151 cm³/mol. The Hall–Kier alpha value is -4.63. The maximum atomic E-state index is 13.3. The van der Waals surface area contributed by atoms with E-state index in [9.17, 15) is 18.0 Å². The second-order valence-electron chi connectivity index (χ2n) is 10.0. The van der Waals surface area contributed by atoms with Gasteiger partial charge in [0, 0.05) is 0 Å². The quantitative estimate of drug-likeness (QED) is 0.236. The van der Waals surface area contributed by atoms with Crippen molar-refractivity contribution in [2.45, 2.75) is 37.8 Å². The zero-order valence-electron chi connectivity index (χ0n) is 21.8. The molecule has 0 radical (unpaired) electrons. The van der Waals surface area contributed by atoms with Crippen molar-refractivity contribution in [2.75, 3.05) is 5.73 Å². The molecule has 41 heavy (non-hydrogen) atoms. The highest BCUT2D eigenvalue weighted by Gasteiger charge is 2.30. The average molecular weight is 558 g/mol. The molecule has 6 rings (SSSR count). The van der Waals surface area contributed by atoms with Gasteiger partial charge in [-0.2, -0.15) is 13.2 Å². The van der Waals surface area contributed by atoms with Crippen LogP contribution in [0.25, 0.3) is 22.0 Å². The largest absolute Gasteiger partial charge is 0.457 e. The number of rotatable bonds is 6. The highest BCUT2D eigenvalue weighted by molar-refractivity contribution is 5.84. The number of anilines is 1. The zero-order chi connectivity index (χ0) is 28.6. The van der Waals surface area contributed by atoms with Gasteiger partial charge >= 0.3 is 6.18 Å². The summed E-state index contributed by atoms with van der Waals surface area (Å²) in [7, 11) is 0. The summed E-state index contributed by atoms with van der Waals surface area (Å²) in [6.45, 7) is 0.270. The van der Waals surface area contributed by atoms with Crippen molar-refractivity contribution in [3.8, 4) is 22.6 Å². The van der Waals surface area contributed by atoms with Crippen LogP contribution in [0.15, 0.2) is 102 Å². The topological polar surface area (TPSA) is 79.4 Å². The number of fused-ring (bicyclic) bond motifs is 1. The van der Waals surface area contributed by atoms with E-state index in [1.807, 2.05) is 60.7 Å². The monoisotopic (exact) mass is 557 g/mol. The van der Waals surface area contributed by atoms with Crippen molar-refractivity contribution in [3.63, 3.8) is 0 Å². The van der Waals surface area contributed by atoms with Crippen molar-refractivity contribution in [2.24, 2.45) is 0 Å². The van der Waals surface area contributed by atoms with Gasteiger partial charge in [-0.05, 0) is 78.1 Å². The summed E-state index contributed by atoms with van der Waals surface area (Å²) in [4.78, 5) is 17.9. The van der Waals surface area contributed by atoms with Gasteiger partial charge in [0.05, 0.1) is 35.2 Å². The van der Waals surface area contributed by atoms with Gasteiger partial charge in [0.25, 0.3) is 5.56 Å². The average Bonchev–Trinajstić information content (AvgIpc) is 3.44. The fourth-order valence-electron chi connectivity index (χ4n) is 5.14. The minimum atomic E-state index is -4.40. The van der Waals surface area contributed by atoms with Gasteiger partial charge in [0.1, 0.15) is 11.5 Å². The number of hydrogen-bond acceptors (Lipinski definition) is 5. The number of aromatic nitrogens is 2. The SMILES string of the molecule is Nc1nc2cc(-c3ccccc3)ccc2c(=O)n1CC1CCC(c2cccc(Oc3ccc(C(F)(F)F)cc3)c2)O1. The fourth-order valence-corrected chi connectivity index (χ4v) is 5.14. The summed E-state index contributed by atoms with van der Waals surface area (Å²) in [5.41, 5.74) is 8.69. The number of nitrogens with zero attached hydrogens (tertiary/aromatic N) is 2. The van der Waals surface area contributed by atoms with Gasteiger partial charge < -0.3 is 15.2 Å². The van der Waals surface area contributed by atoms with Crippen LogP contribution in [0.4, 0.5) is 19.1 Å². The number of benzene rings is 4.